The Morgan fingerprint density at radius 1 is 1.08 bits per heavy atom. The van der Waals surface area contributed by atoms with Gasteiger partial charge < -0.3 is 16.7 Å². The predicted molar refractivity (Wildman–Crippen MR) is 42.6 cm³/mol. The molecule has 69 valence electrons. The molecule has 0 N–H and O–H groups in total. The van der Waals surface area contributed by atoms with Crippen molar-refractivity contribution in [3.05, 3.63) is 11.9 Å². The fourth-order valence-electron chi connectivity index (χ4n) is 0.372. The molecule has 0 aliphatic rings. The van der Waals surface area contributed by atoms with Crippen molar-refractivity contribution in [2.24, 2.45) is 5.92 Å². The molecule has 0 fully saturated rings. The van der Waals surface area contributed by atoms with Crippen LogP contribution in [0.5, 0.6) is 0 Å². The van der Waals surface area contributed by atoms with E-state index in [1.807, 2.05) is 27.7 Å². The number of Topliss-reactive ketones (excluding diaryl/α,β-unsaturated/α-hetero) is 1. The largest absolute Gasteiger partial charge is 0.811 e. The SMILES string of the molecule is CC(C)[N-][CH-]C(=O)C(C)C.[Y].[Y].[Y]. The summed E-state index contributed by atoms with van der Waals surface area (Å²) in [7, 11) is 0. The summed E-state index contributed by atoms with van der Waals surface area (Å²) in [6.07, 6.45) is 0. The average Bonchev–Trinajstić information content (AvgIpc) is 1.82. The van der Waals surface area contributed by atoms with E-state index in [0.717, 1.165) is 0 Å². The van der Waals surface area contributed by atoms with Gasteiger partial charge in [0.2, 0.25) is 0 Å². The minimum absolute atomic E-state index is 0. The van der Waals surface area contributed by atoms with Gasteiger partial charge in [-0.05, 0) is 11.7 Å². The molecule has 0 aromatic carbocycles. The molecule has 0 rings (SSSR count). The van der Waals surface area contributed by atoms with E-state index in [1.54, 1.807) is 0 Å². The Kier molecular flexibility index (Phi) is 28.3. The van der Waals surface area contributed by atoms with Gasteiger partial charge in [-0.15, -0.1) is 0 Å². The molecular formula is C8H15NOY3-2. The number of carbonyl (C=O) groups is 1. The van der Waals surface area contributed by atoms with Crippen molar-refractivity contribution in [2.45, 2.75) is 33.7 Å². The Morgan fingerprint density at radius 2 is 1.46 bits per heavy atom. The van der Waals surface area contributed by atoms with Gasteiger partial charge in [0, 0.05) is 98.1 Å². The third-order valence-electron chi connectivity index (χ3n) is 1.07. The van der Waals surface area contributed by atoms with Gasteiger partial charge in [0.1, 0.15) is 0 Å². The summed E-state index contributed by atoms with van der Waals surface area (Å²) in [5, 5.41) is 3.97. The van der Waals surface area contributed by atoms with Gasteiger partial charge in [-0.3, -0.25) is 0 Å². The summed E-state index contributed by atoms with van der Waals surface area (Å²) in [5.74, 6) is 0.177. The number of carbonyl (C=O) groups excluding carboxylic acids is 1. The van der Waals surface area contributed by atoms with Crippen LogP contribution in [0.4, 0.5) is 0 Å². The standard InChI is InChI=1S/C8H15NO.3Y/c1-6(2)8(10)5-9-7(3)4;;;/h5-7H,1-4H3;;;/q-2;;;. The zero-order valence-corrected chi connectivity index (χ0v) is 17.3. The zero-order valence-electron chi connectivity index (χ0n) is 8.82. The molecule has 0 bridgehead atoms. The maximum absolute atomic E-state index is 10.9. The van der Waals surface area contributed by atoms with Crippen LogP contribution in [0.3, 0.4) is 0 Å². The second-order valence-electron chi connectivity index (χ2n) is 2.93. The summed E-state index contributed by atoms with van der Waals surface area (Å²) < 4.78 is 0. The molecule has 0 aliphatic heterocycles. The third-order valence-corrected chi connectivity index (χ3v) is 1.07. The molecule has 0 spiro atoms. The summed E-state index contributed by atoms with van der Waals surface area (Å²) in [4.78, 5) is 10.9. The van der Waals surface area contributed by atoms with Crippen LogP contribution in [0.2, 0.25) is 0 Å². The Balaban J connectivity index is -0.000000135. The normalized spacial score (nSPS) is 8.15. The molecule has 0 saturated carbocycles. The number of nitrogens with zero attached hydrogens (tertiary/aromatic N) is 1. The van der Waals surface area contributed by atoms with Crippen molar-refractivity contribution in [3.63, 3.8) is 0 Å². The van der Waals surface area contributed by atoms with Crippen LogP contribution in [-0.2, 0) is 103 Å². The first-order valence-corrected chi connectivity index (χ1v) is 3.61. The molecule has 0 aromatic heterocycles. The molecule has 0 aliphatic carbocycles. The molecule has 0 saturated heterocycles. The van der Waals surface area contributed by atoms with Crippen molar-refractivity contribution >= 4 is 5.78 Å². The van der Waals surface area contributed by atoms with Gasteiger partial charge in [0.05, 0.1) is 0 Å². The van der Waals surface area contributed by atoms with E-state index < -0.39 is 0 Å². The van der Waals surface area contributed by atoms with Gasteiger partial charge in [-0.1, -0.05) is 27.7 Å². The number of ketones is 1. The fourth-order valence-corrected chi connectivity index (χ4v) is 0.372. The maximum Gasteiger partial charge on any atom is 0 e. The van der Waals surface area contributed by atoms with E-state index in [0.29, 0.717) is 0 Å². The van der Waals surface area contributed by atoms with Gasteiger partial charge in [-0.25, -0.2) is 0 Å². The average molecular weight is 408 g/mol. The van der Waals surface area contributed by atoms with E-state index >= 15 is 0 Å². The number of hydrogen-bond donors (Lipinski definition) is 0. The molecule has 13 heavy (non-hydrogen) atoms. The molecule has 0 heterocycles. The monoisotopic (exact) mass is 408 g/mol. The first-order chi connectivity index (χ1) is 4.54. The summed E-state index contributed by atoms with van der Waals surface area (Å²) in [6, 6.07) is 0.225. The predicted octanol–water partition coefficient (Wildman–Crippen LogP) is 2.15. The molecule has 0 unspecified atom stereocenters. The Bertz CT molecular complexity index is 118. The van der Waals surface area contributed by atoms with Crippen molar-refractivity contribution < 1.29 is 103 Å². The Hall–Kier alpha value is 2.81. The molecular weight excluding hydrogens is 393 g/mol. The quantitative estimate of drug-likeness (QED) is 0.657. The van der Waals surface area contributed by atoms with Crippen molar-refractivity contribution in [2.75, 3.05) is 0 Å². The van der Waals surface area contributed by atoms with Crippen LogP contribution in [0, 0.1) is 12.5 Å². The molecule has 0 amide bonds. The Labute approximate surface area is 157 Å². The van der Waals surface area contributed by atoms with Crippen LogP contribution in [-0.4, -0.2) is 11.8 Å². The third kappa shape index (κ3) is 17.4. The van der Waals surface area contributed by atoms with Crippen LogP contribution >= 0.6 is 0 Å². The zero-order chi connectivity index (χ0) is 8.15. The number of hydrogen-bond acceptors (Lipinski definition) is 1. The summed E-state index contributed by atoms with van der Waals surface area (Å²) >= 11 is 0. The van der Waals surface area contributed by atoms with E-state index in [-0.39, 0.29) is 116 Å². The van der Waals surface area contributed by atoms with Crippen LogP contribution in [0.1, 0.15) is 27.7 Å². The van der Waals surface area contributed by atoms with Crippen LogP contribution in [0.25, 0.3) is 5.32 Å². The molecule has 2 nitrogen and oxygen atoms in total. The summed E-state index contributed by atoms with van der Waals surface area (Å²) in [5.41, 5.74) is 0. The van der Waals surface area contributed by atoms with Gasteiger partial charge in [0.15, 0.2) is 0 Å². The maximum atomic E-state index is 10.9. The van der Waals surface area contributed by atoms with Crippen molar-refractivity contribution in [3.8, 4) is 0 Å². The van der Waals surface area contributed by atoms with Gasteiger partial charge >= 0.3 is 0 Å². The van der Waals surface area contributed by atoms with Crippen LogP contribution in [0.15, 0.2) is 0 Å². The smallest absolute Gasteiger partial charge is 0 e. The van der Waals surface area contributed by atoms with Gasteiger partial charge in [-0.2, -0.15) is 6.04 Å². The van der Waals surface area contributed by atoms with Crippen molar-refractivity contribution in [1.29, 1.82) is 0 Å². The molecule has 0 aromatic rings. The molecule has 0 atom stereocenters. The summed E-state index contributed by atoms with van der Waals surface area (Å²) in [6.45, 7) is 9.06. The van der Waals surface area contributed by atoms with E-state index in [9.17, 15) is 4.79 Å². The van der Waals surface area contributed by atoms with Crippen LogP contribution < -0.4 is 0 Å². The van der Waals surface area contributed by atoms with Crippen molar-refractivity contribution in [1.82, 2.24) is 0 Å². The fraction of sp³-hybridized carbons (Fsp3) is 0.750. The first kappa shape index (κ1) is 24.9. The second-order valence-corrected chi connectivity index (χ2v) is 2.93. The van der Waals surface area contributed by atoms with E-state index in [1.165, 1.54) is 6.54 Å². The Morgan fingerprint density at radius 3 is 1.69 bits per heavy atom. The number of rotatable bonds is 4. The van der Waals surface area contributed by atoms with E-state index in [4.69, 9.17) is 0 Å². The first-order valence-electron chi connectivity index (χ1n) is 3.61. The topological polar surface area (TPSA) is 31.2 Å². The minimum atomic E-state index is 0. The second kappa shape index (κ2) is 14.8. The van der Waals surface area contributed by atoms with E-state index in [2.05, 4.69) is 5.32 Å². The minimum Gasteiger partial charge on any atom is -0.811 e. The van der Waals surface area contributed by atoms with Gasteiger partial charge in [0.25, 0.3) is 0 Å². The molecule has 3 radical (unpaired) electrons. The molecule has 5 heteroatoms.